The number of carbonyl (C=O) groups excluding carboxylic acids is 1. The van der Waals surface area contributed by atoms with Crippen LogP contribution in [0.1, 0.15) is 60.3 Å². The van der Waals surface area contributed by atoms with Gasteiger partial charge in [-0.05, 0) is 52.4 Å². The molecule has 1 N–H and O–H groups in total. The number of methoxy groups -OCH3 is 1. The van der Waals surface area contributed by atoms with Gasteiger partial charge in [0.15, 0.2) is 0 Å². The molecule has 1 amide bonds. The summed E-state index contributed by atoms with van der Waals surface area (Å²) in [6.07, 6.45) is 6.48. The molecule has 0 aromatic heterocycles. The van der Waals surface area contributed by atoms with Gasteiger partial charge in [0, 0.05) is 13.7 Å². The first-order valence-corrected chi connectivity index (χ1v) is 11.7. The number of allylic oxidation sites excluding steroid dienone is 1. The normalized spacial score (nSPS) is 42.6. The van der Waals surface area contributed by atoms with Crippen molar-refractivity contribution in [3.05, 3.63) is 12.2 Å². The summed E-state index contributed by atoms with van der Waals surface area (Å²) in [5.41, 5.74) is -1.60. The largest absolute Gasteiger partial charge is 0.443 e. The Balaban J connectivity index is 1.49. The van der Waals surface area contributed by atoms with Crippen molar-refractivity contribution in [3.63, 3.8) is 0 Å². The topological polar surface area (TPSA) is 84.1 Å². The molecular weight excluding hydrogens is 398 g/mol. The Morgan fingerprint density at radius 2 is 2.03 bits per heavy atom. The second-order valence-electron chi connectivity index (χ2n) is 10.8. The number of amides is 1. The van der Waals surface area contributed by atoms with Crippen LogP contribution < -0.4 is 0 Å². The van der Waals surface area contributed by atoms with E-state index in [0.717, 1.165) is 19.3 Å². The summed E-state index contributed by atoms with van der Waals surface area (Å²) in [6, 6.07) is -0.228. The fourth-order valence-corrected chi connectivity index (χ4v) is 5.86. The zero-order valence-corrected chi connectivity index (χ0v) is 19.8. The molecule has 3 unspecified atom stereocenters. The third kappa shape index (κ3) is 4.26. The van der Waals surface area contributed by atoms with E-state index in [4.69, 9.17) is 18.9 Å². The van der Waals surface area contributed by atoms with Crippen LogP contribution in [0.5, 0.6) is 0 Å². The summed E-state index contributed by atoms with van der Waals surface area (Å²) in [7, 11) is 1.68. The Kier molecular flexibility index (Phi) is 5.95. The molecule has 4 rings (SSSR count). The van der Waals surface area contributed by atoms with Gasteiger partial charge in [-0.1, -0.05) is 26.0 Å². The van der Waals surface area contributed by atoms with Gasteiger partial charge in [0.25, 0.3) is 0 Å². The van der Waals surface area contributed by atoms with E-state index in [1.807, 2.05) is 0 Å². The van der Waals surface area contributed by atoms with Crippen molar-refractivity contribution in [2.45, 2.75) is 101 Å². The van der Waals surface area contributed by atoms with Gasteiger partial charge in [-0.3, -0.25) is 0 Å². The maximum absolute atomic E-state index is 13.1. The van der Waals surface area contributed by atoms with E-state index in [9.17, 15) is 9.90 Å². The number of carbonyl (C=O) groups is 1. The second kappa shape index (κ2) is 8.01. The molecule has 3 aliphatic heterocycles. The highest BCUT2D eigenvalue weighted by Crippen LogP contribution is 2.59. The molecule has 0 aromatic carbocycles. The highest BCUT2D eigenvalue weighted by atomic mass is 16.6. The first-order valence-electron chi connectivity index (χ1n) is 11.7. The van der Waals surface area contributed by atoms with Crippen molar-refractivity contribution >= 4 is 6.09 Å². The molecular formula is C24H39NO6. The molecule has 3 heterocycles. The van der Waals surface area contributed by atoms with E-state index in [1.54, 1.807) is 25.9 Å². The predicted molar refractivity (Wildman–Crippen MR) is 116 cm³/mol. The Hall–Kier alpha value is -1.15. The van der Waals surface area contributed by atoms with Crippen molar-refractivity contribution < 1.29 is 28.8 Å². The summed E-state index contributed by atoms with van der Waals surface area (Å²) < 4.78 is 24.1. The zero-order chi connectivity index (χ0) is 22.6. The van der Waals surface area contributed by atoms with Crippen molar-refractivity contribution in [2.24, 2.45) is 11.8 Å². The van der Waals surface area contributed by atoms with Crippen LogP contribution in [0.3, 0.4) is 0 Å². The molecule has 0 aromatic rings. The van der Waals surface area contributed by atoms with Gasteiger partial charge in [-0.25, -0.2) is 4.79 Å². The smallest absolute Gasteiger partial charge is 0.410 e. The minimum Gasteiger partial charge on any atom is -0.443 e. The molecule has 31 heavy (non-hydrogen) atoms. The SMILES string of the molecule is CO[C@H]1C(C2(C)O[C@@H]2/C=C/C(C)C)[C@]2(CC[C@H]1OC(=O)N1CCCC1C(C)(C)O)CO2. The summed E-state index contributed by atoms with van der Waals surface area (Å²) in [6.45, 7) is 11.2. The number of nitrogens with zero attached hydrogens (tertiary/aromatic N) is 1. The van der Waals surface area contributed by atoms with E-state index in [-0.39, 0.29) is 42.0 Å². The molecule has 7 atom stereocenters. The molecule has 3 saturated heterocycles. The fraction of sp³-hybridized carbons (Fsp3) is 0.875. The lowest BCUT2D eigenvalue weighted by Crippen LogP contribution is -2.57. The first-order chi connectivity index (χ1) is 14.5. The van der Waals surface area contributed by atoms with Crippen LogP contribution in [0, 0.1) is 11.8 Å². The number of likely N-dealkylation sites (tertiary alicyclic amines) is 1. The van der Waals surface area contributed by atoms with Crippen molar-refractivity contribution in [3.8, 4) is 0 Å². The molecule has 1 saturated carbocycles. The third-order valence-corrected chi connectivity index (χ3v) is 7.63. The van der Waals surface area contributed by atoms with E-state index >= 15 is 0 Å². The van der Waals surface area contributed by atoms with Gasteiger partial charge in [-0.2, -0.15) is 0 Å². The highest BCUT2D eigenvalue weighted by molar-refractivity contribution is 5.69. The molecule has 7 nitrogen and oxygen atoms in total. The van der Waals surface area contributed by atoms with Gasteiger partial charge in [0.1, 0.15) is 29.5 Å². The average Bonchev–Trinajstić information content (AvgIpc) is 3.52. The number of epoxide rings is 2. The number of aliphatic hydroxyl groups is 1. The van der Waals surface area contributed by atoms with Gasteiger partial charge < -0.3 is 29.0 Å². The first kappa shape index (κ1) is 23.0. The summed E-state index contributed by atoms with van der Waals surface area (Å²) in [5.74, 6) is 0.448. The van der Waals surface area contributed by atoms with Crippen LogP contribution in [-0.4, -0.2) is 77.5 Å². The van der Waals surface area contributed by atoms with Gasteiger partial charge in [0.05, 0.1) is 24.2 Å². The number of hydrogen-bond acceptors (Lipinski definition) is 6. The second-order valence-corrected chi connectivity index (χ2v) is 10.8. The molecule has 0 bridgehead atoms. The van der Waals surface area contributed by atoms with Gasteiger partial charge in [-0.15, -0.1) is 0 Å². The fourth-order valence-electron chi connectivity index (χ4n) is 5.86. The van der Waals surface area contributed by atoms with E-state index < -0.39 is 11.2 Å². The Morgan fingerprint density at radius 3 is 2.61 bits per heavy atom. The lowest BCUT2D eigenvalue weighted by molar-refractivity contribution is -0.124. The molecule has 176 valence electrons. The highest BCUT2D eigenvalue weighted by Gasteiger charge is 2.72. The maximum Gasteiger partial charge on any atom is 0.410 e. The third-order valence-electron chi connectivity index (χ3n) is 7.63. The Labute approximate surface area is 186 Å². The van der Waals surface area contributed by atoms with Crippen molar-refractivity contribution in [1.29, 1.82) is 0 Å². The Morgan fingerprint density at radius 1 is 1.32 bits per heavy atom. The van der Waals surface area contributed by atoms with Crippen molar-refractivity contribution in [1.82, 2.24) is 4.90 Å². The molecule has 4 fully saturated rings. The predicted octanol–water partition coefficient (Wildman–Crippen LogP) is 3.29. The Bertz CT molecular complexity index is 711. The molecule has 4 aliphatic rings. The summed E-state index contributed by atoms with van der Waals surface area (Å²) in [5, 5.41) is 10.5. The van der Waals surface area contributed by atoms with Crippen molar-refractivity contribution in [2.75, 3.05) is 20.3 Å². The minimum atomic E-state index is -0.956. The summed E-state index contributed by atoms with van der Waals surface area (Å²) in [4.78, 5) is 14.8. The van der Waals surface area contributed by atoms with Crippen LogP contribution in [0.25, 0.3) is 0 Å². The van der Waals surface area contributed by atoms with E-state index in [0.29, 0.717) is 25.5 Å². The van der Waals surface area contributed by atoms with Crippen LogP contribution in [0.15, 0.2) is 12.2 Å². The zero-order valence-electron chi connectivity index (χ0n) is 19.8. The van der Waals surface area contributed by atoms with Crippen LogP contribution in [0.2, 0.25) is 0 Å². The lowest BCUT2D eigenvalue weighted by atomic mass is 9.68. The molecule has 0 radical (unpaired) electrons. The van der Waals surface area contributed by atoms with Crippen LogP contribution >= 0.6 is 0 Å². The van der Waals surface area contributed by atoms with E-state index in [1.165, 1.54) is 0 Å². The average molecular weight is 438 g/mol. The molecule has 7 heteroatoms. The van der Waals surface area contributed by atoms with Crippen LogP contribution in [-0.2, 0) is 18.9 Å². The molecule has 1 aliphatic carbocycles. The van der Waals surface area contributed by atoms with Crippen LogP contribution in [0.4, 0.5) is 4.79 Å². The standard InChI is InChI=1S/C24H39NO6/c1-15(2)9-10-18-23(5,31-18)20-19(28-6)16(11-12-24(20)14-29-24)30-21(26)25-13-7-8-17(25)22(3,4)27/h9-10,15-20,27H,7-8,11-14H2,1-6H3/b10-9+/t16-,17?,18-,19-,20?,23?,24+/m1/s1. The molecule has 1 spiro atoms. The van der Waals surface area contributed by atoms with E-state index in [2.05, 4.69) is 32.9 Å². The number of ether oxygens (including phenoxy) is 4. The lowest BCUT2D eigenvalue weighted by Gasteiger charge is -2.43. The monoisotopic (exact) mass is 437 g/mol. The van der Waals surface area contributed by atoms with Gasteiger partial charge in [0.2, 0.25) is 0 Å². The minimum absolute atomic E-state index is 0.0120. The van der Waals surface area contributed by atoms with Gasteiger partial charge >= 0.3 is 6.09 Å². The quantitative estimate of drug-likeness (QED) is 0.507. The summed E-state index contributed by atoms with van der Waals surface area (Å²) >= 11 is 0. The number of rotatable bonds is 6. The maximum atomic E-state index is 13.1. The number of hydrogen-bond donors (Lipinski definition) is 1.